The van der Waals surface area contributed by atoms with Gasteiger partial charge in [-0.05, 0) is 26.2 Å². The summed E-state index contributed by atoms with van der Waals surface area (Å²) in [4.78, 5) is 0. The van der Waals surface area contributed by atoms with E-state index in [9.17, 15) is 10.2 Å². The fourth-order valence-corrected chi connectivity index (χ4v) is 0.718. The van der Waals surface area contributed by atoms with E-state index in [1.165, 1.54) is 0 Å². The van der Waals surface area contributed by atoms with Crippen molar-refractivity contribution in [2.24, 2.45) is 5.92 Å². The summed E-state index contributed by atoms with van der Waals surface area (Å²) in [5, 5.41) is 18.7. The Balaban J connectivity index is 3.43. The summed E-state index contributed by atoms with van der Waals surface area (Å²) in [6, 6.07) is 0. The van der Waals surface area contributed by atoms with Crippen molar-refractivity contribution in [3.05, 3.63) is 0 Å². The molecule has 0 saturated heterocycles. The minimum atomic E-state index is -1.07. The lowest BCUT2D eigenvalue weighted by Gasteiger charge is -2.24. The van der Waals surface area contributed by atoms with Crippen LogP contribution in [-0.4, -0.2) is 35.1 Å². The molecule has 13 heavy (non-hydrogen) atoms. The average molecular weight is 190 g/mol. The third-order valence-corrected chi connectivity index (χ3v) is 1.93. The van der Waals surface area contributed by atoms with Crippen LogP contribution in [0.5, 0.6) is 0 Å². The molecule has 3 heteroatoms. The van der Waals surface area contributed by atoms with Crippen molar-refractivity contribution in [1.29, 1.82) is 0 Å². The summed E-state index contributed by atoms with van der Waals surface area (Å²) in [5.41, 5.74) is -1.07. The maximum Gasteiger partial charge on any atom is 0.105 e. The minimum Gasteiger partial charge on any atom is -0.388 e. The molecule has 0 aromatic heterocycles. The quantitative estimate of drug-likeness (QED) is 0.618. The van der Waals surface area contributed by atoms with Crippen molar-refractivity contribution >= 4 is 0 Å². The molecule has 0 spiro atoms. The van der Waals surface area contributed by atoms with Crippen LogP contribution in [0, 0.1) is 5.92 Å². The predicted octanol–water partition coefficient (Wildman–Crippen LogP) is 1.18. The van der Waals surface area contributed by atoms with Crippen molar-refractivity contribution < 1.29 is 14.9 Å². The number of aliphatic hydroxyl groups excluding tert-OH is 1. The molecule has 0 aromatic carbocycles. The Morgan fingerprint density at radius 1 is 1.31 bits per heavy atom. The van der Waals surface area contributed by atoms with Crippen LogP contribution < -0.4 is 0 Å². The van der Waals surface area contributed by atoms with Gasteiger partial charge in [-0.15, -0.1) is 0 Å². The van der Waals surface area contributed by atoms with Crippen LogP contribution in [0.15, 0.2) is 0 Å². The monoisotopic (exact) mass is 190 g/mol. The molecule has 1 atom stereocenters. The maximum absolute atomic E-state index is 9.38. The van der Waals surface area contributed by atoms with Crippen LogP contribution in [-0.2, 0) is 4.74 Å². The van der Waals surface area contributed by atoms with Gasteiger partial charge in [0.25, 0.3) is 0 Å². The summed E-state index contributed by atoms with van der Waals surface area (Å²) in [6.45, 7) is 8.24. The molecule has 0 rings (SSSR count). The van der Waals surface area contributed by atoms with Crippen molar-refractivity contribution in [2.45, 2.75) is 45.8 Å². The van der Waals surface area contributed by atoms with Crippen molar-refractivity contribution in [2.75, 3.05) is 13.2 Å². The van der Waals surface area contributed by atoms with Gasteiger partial charge in [-0.25, -0.2) is 0 Å². The number of hydrogen-bond donors (Lipinski definition) is 2. The van der Waals surface area contributed by atoms with E-state index in [1.54, 1.807) is 13.8 Å². The standard InChI is InChI=1S/C10H22O3/c1-8(2)5-6-13-7-9(11)10(3,4)12/h8-9,11-12H,5-7H2,1-4H3. The molecule has 0 aliphatic carbocycles. The Labute approximate surface area is 80.7 Å². The van der Waals surface area contributed by atoms with E-state index in [2.05, 4.69) is 13.8 Å². The smallest absolute Gasteiger partial charge is 0.105 e. The molecule has 2 N–H and O–H groups in total. The lowest BCUT2D eigenvalue weighted by molar-refractivity contribution is -0.0864. The van der Waals surface area contributed by atoms with Crippen LogP contribution >= 0.6 is 0 Å². The zero-order chi connectivity index (χ0) is 10.5. The van der Waals surface area contributed by atoms with Gasteiger partial charge >= 0.3 is 0 Å². The Morgan fingerprint density at radius 3 is 2.23 bits per heavy atom. The van der Waals surface area contributed by atoms with E-state index >= 15 is 0 Å². The maximum atomic E-state index is 9.38. The average Bonchev–Trinajstić information content (AvgIpc) is 1.95. The molecule has 0 radical (unpaired) electrons. The van der Waals surface area contributed by atoms with E-state index in [4.69, 9.17) is 4.74 Å². The normalized spacial score (nSPS) is 15.0. The van der Waals surface area contributed by atoms with Crippen LogP contribution in [0.2, 0.25) is 0 Å². The lowest BCUT2D eigenvalue weighted by atomic mass is 10.0. The molecule has 0 fully saturated rings. The zero-order valence-corrected chi connectivity index (χ0v) is 9.08. The SMILES string of the molecule is CC(C)CCOCC(O)C(C)(C)O. The number of ether oxygens (including phenoxy) is 1. The molecular formula is C10H22O3. The van der Waals surface area contributed by atoms with Gasteiger partial charge in [0.2, 0.25) is 0 Å². The third-order valence-electron chi connectivity index (χ3n) is 1.93. The second kappa shape index (κ2) is 5.58. The second-order valence-corrected chi connectivity index (χ2v) is 4.43. The molecule has 1 unspecified atom stereocenters. The van der Waals surface area contributed by atoms with Crippen molar-refractivity contribution in [3.63, 3.8) is 0 Å². The van der Waals surface area contributed by atoms with Gasteiger partial charge < -0.3 is 14.9 Å². The molecule has 0 amide bonds. The van der Waals surface area contributed by atoms with Gasteiger partial charge in [0.05, 0.1) is 12.2 Å². The molecule has 0 heterocycles. The highest BCUT2D eigenvalue weighted by molar-refractivity contribution is 4.75. The summed E-state index contributed by atoms with van der Waals surface area (Å²) >= 11 is 0. The third kappa shape index (κ3) is 6.99. The van der Waals surface area contributed by atoms with E-state index < -0.39 is 11.7 Å². The molecule has 0 bridgehead atoms. The fourth-order valence-electron chi connectivity index (χ4n) is 0.718. The first-order chi connectivity index (χ1) is 5.84. The van der Waals surface area contributed by atoms with Gasteiger partial charge in [-0.2, -0.15) is 0 Å². The highest BCUT2D eigenvalue weighted by Gasteiger charge is 2.24. The van der Waals surface area contributed by atoms with Crippen molar-refractivity contribution in [1.82, 2.24) is 0 Å². The number of aliphatic hydroxyl groups is 2. The highest BCUT2D eigenvalue weighted by Crippen LogP contribution is 2.08. The second-order valence-electron chi connectivity index (χ2n) is 4.43. The lowest BCUT2D eigenvalue weighted by Crippen LogP contribution is -2.39. The van der Waals surface area contributed by atoms with Gasteiger partial charge in [-0.1, -0.05) is 13.8 Å². The Kier molecular flexibility index (Phi) is 5.53. The van der Waals surface area contributed by atoms with Gasteiger partial charge in [0.15, 0.2) is 0 Å². The summed E-state index contributed by atoms with van der Waals surface area (Å²) < 4.78 is 5.22. The van der Waals surface area contributed by atoms with Gasteiger partial charge in [-0.3, -0.25) is 0 Å². The Bertz CT molecular complexity index is 127. The van der Waals surface area contributed by atoms with Crippen LogP contribution in [0.1, 0.15) is 34.1 Å². The number of rotatable bonds is 6. The highest BCUT2D eigenvalue weighted by atomic mass is 16.5. The fraction of sp³-hybridized carbons (Fsp3) is 1.00. The van der Waals surface area contributed by atoms with Crippen LogP contribution in [0.4, 0.5) is 0 Å². The largest absolute Gasteiger partial charge is 0.388 e. The molecule has 0 aromatic rings. The Morgan fingerprint density at radius 2 is 1.85 bits per heavy atom. The molecule has 0 aliphatic heterocycles. The predicted molar refractivity (Wildman–Crippen MR) is 52.6 cm³/mol. The molecule has 0 saturated carbocycles. The van der Waals surface area contributed by atoms with Crippen molar-refractivity contribution in [3.8, 4) is 0 Å². The summed E-state index contributed by atoms with van der Waals surface area (Å²) in [5.74, 6) is 0.610. The first kappa shape index (κ1) is 12.9. The van der Waals surface area contributed by atoms with Crippen LogP contribution in [0.3, 0.4) is 0 Å². The number of hydrogen-bond acceptors (Lipinski definition) is 3. The van der Waals surface area contributed by atoms with E-state index in [1.807, 2.05) is 0 Å². The topological polar surface area (TPSA) is 49.7 Å². The first-order valence-corrected chi connectivity index (χ1v) is 4.82. The summed E-state index contributed by atoms with van der Waals surface area (Å²) in [7, 11) is 0. The minimum absolute atomic E-state index is 0.205. The van der Waals surface area contributed by atoms with E-state index in [0.29, 0.717) is 12.5 Å². The molecular weight excluding hydrogens is 168 g/mol. The van der Waals surface area contributed by atoms with Crippen LogP contribution in [0.25, 0.3) is 0 Å². The first-order valence-electron chi connectivity index (χ1n) is 4.82. The molecule has 0 aliphatic rings. The van der Waals surface area contributed by atoms with E-state index in [-0.39, 0.29) is 6.61 Å². The molecule has 80 valence electrons. The molecule has 3 nitrogen and oxygen atoms in total. The Hall–Kier alpha value is -0.120. The van der Waals surface area contributed by atoms with Gasteiger partial charge in [0, 0.05) is 6.61 Å². The summed E-state index contributed by atoms with van der Waals surface area (Å²) in [6.07, 6.45) is 0.179. The van der Waals surface area contributed by atoms with Gasteiger partial charge in [0.1, 0.15) is 6.10 Å². The zero-order valence-electron chi connectivity index (χ0n) is 9.08. The van der Waals surface area contributed by atoms with E-state index in [0.717, 1.165) is 6.42 Å².